The van der Waals surface area contributed by atoms with Crippen LogP contribution in [0.5, 0.6) is 0 Å². The number of carbonyl (C=O) groups excluding carboxylic acids is 2. The van der Waals surface area contributed by atoms with Crippen LogP contribution < -0.4 is 0 Å². The smallest absolute Gasteiger partial charge is 0.208 e. The Bertz CT molecular complexity index is 316. The zero-order valence-electron chi connectivity index (χ0n) is 8.45. The lowest BCUT2D eigenvalue weighted by Crippen LogP contribution is -2.48. The number of hydrogen-bond donors (Lipinski definition) is 0. The molecule has 1 saturated carbocycles. The molecule has 0 N–H and O–H groups in total. The molecule has 3 heteroatoms. The van der Waals surface area contributed by atoms with Crippen molar-refractivity contribution in [1.82, 2.24) is 0 Å². The minimum atomic E-state index is -0.299. The maximum atomic E-state index is 11.6. The van der Waals surface area contributed by atoms with Crippen molar-refractivity contribution in [3.05, 3.63) is 11.6 Å². The monoisotopic (exact) mass is 194 g/mol. The van der Waals surface area contributed by atoms with E-state index in [9.17, 15) is 9.59 Å². The number of allylic oxidation sites excluding steroid dienone is 1. The van der Waals surface area contributed by atoms with Crippen molar-refractivity contribution >= 4 is 11.6 Å². The number of hydrogen-bond acceptors (Lipinski definition) is 3. The van der Waals surface area contributed by atoms with Crippen LogP contribution in [0.1, 0.15) is 20.3 Å². The zero-order valence-corrected chi connectivity index (χ0v) is 8.45. The molecular formula is C11H14O3. The first kappa shape index (κ1) is 9.59. The van der Waals surface area contributed by atoms with E-state index in [1.165, 1.54) is 0 Å². The van der Waals surface area contributed by atoms with Crippen molar-refractivity contribution in [1.29, 1.82) is 0 Å². The predicted molar refractivity (Wildman–Crippen MR) is 50.8 cm³/mol. The summed E-state index contributed by atoms with van der Waals surface area (Å²) >= 11 is 0. The summed E-state index contributed by atoms with van der Waals surface area (Å²) in [5, 5.41) is 0. The van der Waals surface area contributed by atoms with E-state index in [-0.39, 0.29) is 29.5 Å². The molecule has 0 aromatic heterocycles. The molecule has 0 heterocycles. The van der Waals surface area contributed by atoms with Gasteiger partial charge in [0.2, 0.25) is 11.6 Å². The van der Waals surface area contributed by atoms with Crippen LogP contribution in [0.15, 0.2) is 11.6 Å². The largest absolute Gasteiger partial charge is 0.377 e. The Morgan fingerprint density at radius 3 is 2.71 bits per heavy atom. The zero-order chi connectivity index (χ0) is 10.3. The maximum Gasteiger partial charge on any atom is 0.208 e. The summed E-state index contributed by atoms with van der Waals surface area (Å²) in [6.45, 7) is 4.42. The van der Waals surface area contributed by atoms with Crippen LogP contribution in [0.25, 0.3) is 0 Å². The Hall–Kier alpha value is -0.960. The molecule has 0 aromatic rings. The van der Waals surface area contributed by atoms with Gasteiger partial charge in [0, 0.05) is 12.5 Å². The summed E-state index contributed by atoms with van der Waals surface area (Å²) in [4.78, 5) is 23.0. The minimum Gasteiger partial charge on any atom is -0.377 e. The van der Waals surface area contributed by atoms with Crippen molar-refractivity contribution in [2.24, 2.45) is 11.8 Å². The molecule has 14 heavy (non-hydrogen) atoms. The van der Waals surface area contributed by atoms with Crippen LogP contribution in [-0.2, 0) is 14.3 Å². The van der Waals surface area contributed by atoms with Gasteiger partial charge in [-0.15, -0.1) is 0 Å². The Morgan fingerprint density at radius 2 is 2.14 bits per heavy atom. The molecule has 1 fully saturated rings. The summed E-state index contributed by atoms with van der Waals surface area (Å²) < 4.78 is 5.49. The number of ketones is 2. The second-order valence-electron chi connectivity index (χ2n) is 3.95. The quantitative estimate of drug-likeness (QED) is 0.489. The predicted octanol–water partition coefficient (Wildman–Crippen LogP) is 1.13. The first-order valence-electron chi connectivity index (χ1n) is 5.03. The Balaban J connectivity index is 2.30. The van der Waals surface area contributed by atoms with Crippen LogP contribution in [0, 0.1) is 11.8 Å². The molecule has 2 bridgehead atoms. The molecule has 3 aliphatic carbocycles. The van der Waals surface area contributed by atoms with Crippen LogP contribution in [-0.4, -0.2) is 24.3 Å². The topological polar surface area (TPSA) is 43.4 Å². The lowest BCUT2D eigenvalue weighted by atomic mass is 9.68. The second-order valence-corrected chi connectivity index (χ2v) is 3.95. The minimum absolute atomic E-state index is 0.0693. The fraction of sp³-hybridized carbons (Fsp3) is 0.636. The third-order valence-corrected chi connectivity index (χ3v) is 3.06. The standard InChI is InChI=1S/C11H14O3/c1-3-14-8-5-7-4-6(2)9(8)11(13)10(7)12/h4,7-9H,3,5H2,1-2H3/t7-,8?,9+/m1/s1. The fourth-order valence-electron chi connectivity index (χ4n) is 2.44. The van der Waals surface area contributed by atoms with Crippen molar-refractivity contribution in [2.45, 2.75) is 26.4 Å². The molecule has 0 aliphatic heterocycles. The summed E-state index contributed by atoms with van der Waals surface area (Å²) in [5.41, 5.74) is 1.00. The molecule has 3 atom stereocenters. The van der Waals surface area contributed by atoms with Gasteiger partial charge in [0.1, 0.15) is 0 Å². The molecule has 3 rings (SSSR count). The van der Waals surface area contributed by atoms with Crippen LogP contribution in [0.2, 0.25) is 0 Å². The third kappa shape index (κ3) is 1.23. The molecule has 3 nitrogen and oxygen atoms in total. The Morgan fingerprint density at radius 1 is 1.43 bits per heavy atom. The fourth-order valence-corrected chi connectivity index (χ4v) is 2.44. The van der Waals surface area contributed by atoms with E-state index in [1.807, 2.05) is 19.9 Å². The highest BCUT2D eigenvalue weighted by Gasteiger charge is 2.47. The van der Waals surface area contributed by atoms with E-state index < -0.39 is 0 Å². The average molecular weight is 194 g/mol. The first-order chi connectivity index (χ1) is 6.65. The van der Waals surface area contributed by atoms with Crippen molar-refractivity contribution < 1.29 is 14.3 Å². The van der Waals surface area contributed by atoms with Crippen LogP contribution in [0.3, 0.4) is 0 Å². The van der Waals surface area contributed by atoms with E-state index in [0.29, 0.717) is 13.0 Å². The first-order valence-corrected chi connectivity index (χ1v) is 5.03. The number of Topliss-reactive ketones (excluding diaryl/α,β-unsaturated/α-hetero) is 2. The average Bonchev–Trinajstić information content (AvgIpc) is 2.13. The van der Waals surface area contributed by atoms with Gasteiger partial charge >= 0.3 is 0 Å². The molecule has 0 amide bonds. The number of fused-ring (bicyclic) bond motifs is 2. The van der Waals surface area contributed by atoms with Gasteiger partial charge in [-0.2, -0.15) is 0 Å². The van der Waals surface area contributed by atoms with Crippen LogP contribution >= 0.6 is 0 Å². The van der Waals surface area contributed by atoms with Gasteiger partial charge in [-0.05, 0) is 20.3 Å². The van der Waals surface area contributed by atoms with Gasteiger partial charge < -0.3 is 4.74 Å². The number of ether oxygens (including phenoxy) is 1. The summed E-state index contributed by atoms with van der Waals surface area (Å²) in [5.74, 6) is -0.993. The van der Waals surface area contributed by atoms with Crippen molar-refractivity contribution in [3.8, 4) is 0 Å². The van der Waals surface area contributed by atoms with E-state index >= 15 is 0 Å². The molecule has 0 radical (unpaired) electrons. The molecule has 0 spiro atoms. The van der Waals surface area contributed by atoms with E-state index in [1.54, 1.807) is 0 Å². The van der Waals surface area contributed by atoms with Gasteiger partial charge in [0.15, 0.2) is 0 Å². The molecule has 76 valence electrons. The molecule has 3 aliphatic rings. The summed E-state index contributed by atoms with van der Waals surface area (Å²) in [6.07, 6.45) is 2.53. The van der Waals surface area contributed by atoms with Gasteiger partial charge in [-0.3, -0.25) is 9.59 Å². The molecule has 0 saturated heterocycles. The van der Waals surface area contributed by atoms with E-state index in [2.05, 4.69) is 0 Å². The maximum absolute atomic E-state index is 11.6. The van der Waals surface area contributed by atoms with Gasteiger partial charge in [0.05, 0.1) is 12.0 Å². The highest BCUT2D eigenvalue weighted by Crippen LogP contribution is 2.37. The van der Waals surface area contributed by atoms with Gasteiger partial charge in [-0.1, -0.05) is 11.6 Å². The van der Waals surface area contributed by atoms with E-state index in [0.717, 1.165) is 5.57 Å². The number of carbonyl (C=O) groups is 2. The van der Waals surface area contributed by atoms with Gasteiger partial charge in [0.25, 0.3) is 0 Å². The lowest BCUT2D eigenvalue weighted by molar-refractivity contribution is -0.148. The van der Waals surface area contributed by atoms with E-state index in [4.69, 9.17) is 4.74 Å². The normalized spacial score (nSPS) is 36.1. The second kappa shape index (κ2) is 3.31. The molecular weight excluding hydrogens is 180 g/mol. The molecule has 0 aromatic carbocycles. The lowest BCUT2D eigenvalue weighted by Gasteiger charge is -2.38. The van der Waals surface area contributed by atoms with Crippen molar-refractivity contribution in [2.75, 3.05) is 6.61 Å². The summed E-state index contributed by atoms with van der Waals surface area (Å²) in [6, 6.07) is 0. The highest BCUT2D eigenvalue weighted by atomic mass is 16.5. The van der Waals surface area contributed by atoms with Crippen molar-refractivity contribution in [3.63, 3.8) is 0 Å². The summed E-state index contributed by atoms with van der Waals surface area (Å²) in [7, 11) is 0. The van der Waals surface area contributed by atoms with Gasteiger partial charge in [-0.25, -0.2) is 0 Å². The Kier molecular flexibility index (Phi) is 2.27. The third-order valence-electron chi connectivity index (χ3n) is 3.06. The number of rotatable bonds is 2. The SMILES string of the molecule is CCOC1C[C@H]2C=C(C)[C@@H]1C(=O)C2=O. The highest BCUT2D eigenvalue weighted by molar-refractivity contribution is 6.41. The molecule has 1 unspecified atom stereocenters. The van der Waals surface area contributed by atoms with Crippen LogP contribution in [0.4, 0.5) is 0 Å². The Labute approximate surface area is 83.1 Å².